The first-order valence-corrected chi connectivity index (χ1v) is 5.07. The molecule has 0 fully saturated rings. The second-order valence-electron chi connectivity index (χ2n) is 2.05. The highest BCUT2D eigenvalue weighted by molar-refractivity contribution is 14.1. The minimum atomic E-state index is -2.51. The first kappa shape index (κ1) is 10.4. The van der Waals surface area contributed by atoms with Gasteiger partial charge in [0.1, 0.15) is 7.40 Å². The number of aromatic nitrogens is 1. The smallest absolute Gasteiger partial charge is 0.266 e. The Hall–Kier alpha value is 0.270. The van der Waals surface area contributed by atoms with Gasteiger partial charge in [-0.25, -0.2) is 13.8 Å². The lowest BCUT2D eigenvalue weighted by Gasteiger charge is -2.04. The number of alkyl halides is 2. The molecule has 0 aromatic carbocycles. The molecule has 0 aliphatic heterocycles. The van der Waals surface area contributed by atoms with E-state index < -0.39 is 6.43 Å². The van der Waals surface area contributed by atoms with Crippen LogP contribution in [0.4, 0.5) is 14.5 Å². The number of hydrogen-bond acceptors (Lipinski definition) is 2. The van der Waals surface area contributed by atoms with E-state index in [1.807, 2.05) is 22.6 Å². The highest BCUT2D eigenvalue weighted by atomic mass is 127. The summed E-state index contributed by atoms with van der Waals surface area (Å²) >= 11 is 3.67. The van der Waals surface area contributed by atoms with Crippen LogP contribution < -0.4 is 5.73 Å². The number of rotatable bonds is 1. The summed E-state index contributed by atoms with van der Waals surface area (Å²) in [5.74, 6) is 0. The third-order valence-electron chi connectivity index (χ3n) is 1.22. The number of halogens is 4. The van der Waals surface area contributed by atoms with E-state index in [-0.39, 0.29) is 5.56 Å². The van der Waals surface area contributed by atoms with Gasteiger partial charge in [-0.1, -0.05) is 0 Å². The van der Waals surface area contributed by atoms with Gasteiger partial charge in [-0.3, -0.25) is 0 Å². The van der Waals surface area contributed by atoms with Crippen molar-refractivity contribution in [2.24, 2.45) is 0 Å². The molecule has 0 amide bonds. The lowest BCUT2D eigenvalue weighted by Crippen LogP contribution is -2.00. The van der Waals surface area contributed by atoms with Gasteiger partial charge in [0.2, 0.25) is 0 Å². The molecular formula is C6H4F2I2N2. The van der Waals surface area contributed by atoms with Crippen molar-refractivity contribution in [3.63, 3.8) is 0 Å². The Bertz CT molecular complexity index is 304. The second kappa shape index (κ2) is 3.99. The molecule has 0 aliphatic rings. The van der Waals surface area contributed by atoms with Crippen molar-refractivity contribution in [1.29, 1.82) is 0 Å². The van der Waals surface area contributed by atoms with Gasteiger partial charge < -0.3 is 5.73 Å². The Morgan fingerprint density at radius 2 is 1.92 bits per heavy atom. The molecule has 1 aromatic rings. The average Bonchev–Trinajstić information content (AvgIpc) is 1.96. The Morgan fingerprint density at radius 1 is 1.33 bits per heavy atom. The Morgan fingerprint density at radius 3 is 2.42 bits per heavy atom. The molecule has 0 spiro atoms. The monoisotopic (exact) mass is 396 g/mol. The first-order valence-electron chi connectivity index (χ1n) is 2.92. The van der Waals surface area contributed by atoms with E-state index in [0.29, 0.717) is 13.1 Å². The summed E-state index contributed by atoms with van der Waals surface area (Å²) in [6.45, 7) is 0. The van der Waals surface area contributed by atoms with Gasteiger partial charge in [-0.15, -0.1) is 0 Å². The quantitative estimate of drug-likeness (QED) is 0.586. The van der Waals surface area contributed by atoms with Gasteiger partial charge in [-0.05, 0) is 51.2 Å². The van der Waals surface area contributed by atoms with Crippen molar-refractivity contribution in [2.45, 2.75) is 6.43 Å². The average molecular weight is 396 g/mol. The zero-order valence-corrected chi connectivity index (χ0v) is 10.0. The van der Waals surface area contributed by atoms with E-state index in [1.165, 1.54) is 6.07 Å². The zero-order chi connectivity index (χ0) is 9.30. The second-order valence-corrected chi connectivity index (χ2v) is 4.09. The standard InChI is InChI=1S/C6H4F2I2N2/c7-4(8)2-1-3(11)6(10)12-5(2)9/h1,4H,11H2. The van der Waals surface area contributed by atoms with Crippen LogP contribution in [-0.2, 0) is 0 Å². The summed E-state index contributed by atoms with van der Waals surface area (Å²) in [5, 5.41) is 0. The Labute approximate surface area is 95.2 Å². The number of nitrogens with two attached hydrogens (primary N) is 1. The molecule has 0 saturated carbocycles. The van der Waals surface area contributed by atoms with Gasteiger partial charge in [-0.2, -0.15) is 0 Å². The fourth-order valence-electron chi connectivity index (χ4n) is 0.655. The number of hydrogen-bond donors (Lipinski definition) is 1. The molecule has 0 aliphatic carbocycles. The molecule has 0 saturated heterocycles. The van der Waals surface area contributed by atoms with Gasteiger partial charge >= 0.3 is 0 Å². The van der Waals surface area contributed by atoms with Crippen LogP contribution in [0.15, 0.2) is 6.07 Å². The molecule has 1 heterocycles. The molecule has 12 heavy (non-hydrogen) atoms. The van der Waals surface area contributed by atoms with Crippen LogP contribution in [0.3, 0.4) is 0 Å². The molecule has 2 N–H and O–H groups in total. The van der Waals surface area contributed by atoms with E-state index in [2.05, 4.69) is 4.98 Å². The lowest BCUT2D eigenvalue weighted by molar-refractivity contribution is 0.150. The van der Waals surface area contributed by atoms with Crippen LogP contribution in [0.2, 0.25) is 0 Å². The maximum atomic E-state index is 12.2. The Kier molecular flexibility index (Phi) is 3.44. The summed E-state index contributed by atoms with van der Waals surface area (Å²) in [6.07, 6.45) is -2.51. The van der Waals surface area contributed by atoms with Crippen molar-refractivity contribution < 1.29 is 8.78 Å². The van der Waals surface area contributed by atoms with Gasteiger partial charge in [0, 0.05) is 0 Å². The predicted octanol–water partition coefficient (Wildman–Crippen LogP) is 2.81. The van der Waals surface area contributed by atoms with E-state index in [0.717, 1.165) is 0 Å². The topological polar surface area (TPSA) is 38.9 Å². The first-order chi connectivity index (χ1) is 5.52. The third kappa shape index (κ3) is 2.15. The molecule has 0 bridgehead atoms. The van der Waals surface area contributed by atoms with Crippen LogP contribution in [0.1, 0.15) is 12.0 Å². The summed E-state index contributed by atoms with van der Waals surface area (Å²) in [7, 11) is 0. The fraction of sp³-hybridized carbons (Fsp3) is 0.167. The zero-order valence-electron chi connectivity index (χ0n) is 5.69. The molecular weight excluding hydrogens is 392 g/mol. The molecule has 66 valence electrons. The fourth-order valence-corrected chi connectivity index (χ4v) is 2.15. The highest BCUT2D eigenvalue weighted by Gasteiger charge is 2.14. The normalized spacial score (nSPS) is 10.8. The Balaban J connectivity index is 3.23. The SMILES string of the molecule is Nc1cc(C(F)F)c(I)nc1I. The van der Waals surface area contributed by atoms with Gasteiger partial charge in [0.05, 0.1) is 11.3 Å². The van der Waals surface area contributed by atoms with E-state index in [9.17, 15) is 8.78 Å². The van der Waals surface area contributed by atoms with E-state index in [4.69, 9.17) is 5.73 Å². The van der Waals surface area contributed by atoms with Crippen LogP contribution in [0, 0.1) is 7.40 Å². The van der Waals surface area contributed by atoms with Crippen molar-refractivity contribution in [3.8, 4) is 0 Å². The van der Waals surface area contributed by atoms with Crippen molar-refractivity contribution in [1.82, 2.24) is 4.98 Å². The molecule has 6 heteroatoms. The molecule has 0 radical (unpaired) electrons. The largest absolute Gasteiger partial charge is 0.397 e. The number of nitrogen functional groups attached to an aromatic ring is 1. The summed E-state index contributed by atoms with van der Waals surface area (Å²) in [5.41, 5.74) is 5.61. The van der Waals surface area contributed by atoms with E-state index >= 15 is 0 Å². The summed E-state index contributed by atoms with van der Waals surface area (Å²) in [4.78, 5) is 3.86. The number of anilines is 1. The molecule has 1 rings (SSSR count). The van der Waals surface area contributed by atoms with E-state index in [1.54, 1.807) is 22.6 Å². The van der Waals surface area contributed by atoms with Crippen LogP contribution in [0.25, 0.3) is 0 Å². The summed E-state index contributed by atoms with van der Waals surface area (Å²) < 4.78 is 25.3. The molecule has 0 atom stereocenters. The third-order valence-corrected chi connectivity index (χ3v) is 2.95. The molecule has 0 unspecified atom stereocenters. The maximum absolute atomic E-state index is 12.2. The highest BCUT2D eigenvalue weighted by Crippen LogP contribution is 2.26. The predicted molar refractivity (Wildman–Crippen MR) is 59.0 cm³/mol. The van der Waals surface area contributed by atoms with Gasteiger partial charge in [0.15, 0.2) is 0 Å². The minimum Gasteiger partial charge on any atom is -0.397 e. The van der Waals surface area contributed by atoms with Crippen LogP contribution >= 0.6 is 45.2 Å². The van der Waals surface area contributed by atoms with Crippen LogP contribution in [-0.4, -0.2) is 4.98 Å². The van der Waals surface area contributed by atoms with Gasteiger partial charge in [0.25, 0.3) is 6.43 Å². The molecule has 2 nitrogen and oxygen atoms in total. The van der Waals surface area contributed by atoms with Crippen molar-refractivity contribution >= 4 is 50.9 Å². The number of nitrogens with zero attached hydrogens (tertiary/aromatic N) is 1. The van der Waals surface area contributed by atoms with Crippen molar-refractivity contribution in [3.05, 3.63) is 19.0 Å². The van der Waals surface area contributed by atoms with Crippen molar-refractivity contribution in [2.75, 3.05) is 5.73 Å². The van der Waals surface area contributed by atoms with Crippen LogP contribution in [0.5, 0.6) is 0 Å². The molecule has 1 aromatic heterocycles. The maximum Gasteiger partial charge on any atom is 0.266 e. The lowest BCUT2D eigenvalue weighted by atomic mass is 10.3. The summed E-state index contributed by atoms with van der Waals surface area (Å²) in [6, 6.07) is 1.27. The number of pyridine rings is 1. The minimum absolute atomic E-state index is 0.103.